The number of pyridine rings is 1. The van der Waals surface area contributed by atoms with E-state index in [2.05, 4.69) is 20.9 Å². The summed E-state index contributed by atoms with van der Waals surface area (Å²) in [5, 5.41) is 0. The predicted octanol–water partition coefficient (Wildman–Crippen LogP) is 3.13. The second kappa shape index (κ2) is 5.84. The SMILES string of the molecule is COc1ccc(Br)c(C(=O)N(C)c2ccncc2)c1. The Morgan fingerprint density at radius 2 is 1.95 bits per heavy atom. The maximum absolute atomic E-state index is 12.5. The van der Waals surface area contributed by atoms with Gasteiger partial charge in [-0.25, -0.2) is 0 Å². The smallest absolute Gasteiger partial charge is 0.259 e. The van der Waals surface area contributed by atoms with Crippen LogP contribution in [0.5, 0.6) is 5.75 Å². The third-order valence-electron chi connectivity index (χ3n) is 2.76. The minimum Gasteiger partial charge on any atom is -0.497 e. The van der Waals surface area contributed by atoms with E-state index in [4.69, 9.17) is 4.74 Å². The Morgan fingerprint density at radius 3 is 2.58 bits per heavy atom. The molecule has 1 amide bonds. The van der Waals surface area contributed by atoms with Crippen molar-refractivity contribution in [2.75, 3.05) is 19.1 Å². The van der Waals surface area contributed by atoms with Crippen molar-refractivity contribution in [3.05, 3.63) is 52.8 Å². The van der Waals surface area contributed by atoms with Crippen LogP contribution >= 0.6 is 15.9 Å². The quantitative estimate of drug-likeness (QED) is 0.872. The highest BCUT2D eigenvalue weighted by Crippen LogP contribution is 2.25. The van der Waals surface area contributed by atoms with E-state index in [1.165, 1.54) is 0 Å². The Hall–Kier alpha value is -1.88. The summed E-state index contributed by atoms with van der Waals surface area (Å²) >= 11 is 3.39. The van der Waals surface area contributed by atoms with Crippen LogP contribution < -0.4 is 9.64 Å². The van der Waals surface area contributed by atoms with Crippen molar-refractivity contribution >= 4 is 27.5 Å². The van der Waals surface area contributed by atoms with Crippen LogP contribution in [0.2, 0.25) is 0 Å². The fourth-order valence-corrected chi connectivity index (χ4v) is 2.08. The second-order valence-electron chi connectivity index (χ2n) is 3.92. The molecule has 98 valence electrons. The van der Waals surface area contributed by atoms with Crippen LogP contribution in [0.25, 0.3) is 0 Å². The van der Waals surface area contributed by atoms with Crippen LogP contribution in [0.3, 0.4) is 0 Å². The Bertz CT molecular complexity index is 587. The number of rotatable bonds is 3. The molecule has 0 spiro atoms. The number of carbonyl (C=O) groups excluding carboxylic acids is 1. The highest BCUT2D eigenvalue weighted by Gasteiger charge is 2.17. The number of hydrogen-bond acceptors (Lipinski definition) is 3. The first kappa shape index (κ1) is 13.5. The van der Waals surface area contributed by atoms with Crippen LogP contribution in [0.15, 0.2) is 47.2 Å². The molecule has 2 aromatic rings. The molecule has 0 aliphatic heterocycles. The van der Waals surface area contributed by atoms with Gasteiger partial charge in [-0.05, 0) is 46.3 Å². The van der Waals surface area contributed by atoms with Gasteiger partial charge in [0.05, 0.1) is 12.7 Å². The fraction of sp³-hybridized carbons (Fsp3) is 0.143. The molecule has 0 atom stereocenters. The lowest BCUT2D eigenvalue weighted by Crippen LogP contribution is -2.26. The zero-order valence-corrected chi connectivity index (χ0v) is 12.2. The van der Waals surface area contributed by atoms with Gasteiger partial charge in [-0.3, -0.25) is 9.78 Å². The van der Waals surface area contributed by atoms with Crippen LogP contribution in [-0.2, 0) is 0 Å². The van der Waals surface area contributed by atoms with E-state index in [9.17, 15) is 4.79 Å². The topological polar surface area (TPSA) is 42.4 Å². The molecule has 0 saturated heterocycles. The summed E-state index contributed by atoms with van der Waals surface area (Å²) in [6.45, 7) is 0. The van der Waals surface area contributed by atoms with Crippen LogP contribution in [0, 0.1) is 0 Å². The van der Waals surface area contributed by atoms with Crippen molar-refractivity contribution in [1.29, 1.82) is 0 Å². The van der Waals surface area contributed by atoms with Crippen molar-refractivity contribution in [2.45, 2.75) is 0 Å². The minimum absolute atomic E-state index is 0.114. The highest BCUT2D eigenvalue weighted by atomic mass is 79.9. The lowest BCUT2D eigenvalue weighted by Gasteiger charge is -2.18. The van der Waals surface area contributed by atoms with E-state index < -0.39 is 0 Å². The molecule has 0 N–H and O–H groups in total. The first-order valence-electron chi connectivity index (χ1n) is 5.65. The van der Waals surface area contributed by atoms with E-state index in [1.807, 2.05) is 0 Å². The summed E-state index contributed by atoms with van der Waals surface area (Å²) in [5.74, 6) is 0.534. The molecule has 1 aromatic heterocycles. The Labute approximate surface area is 120 Å². The van der Waals surface area contributed by atoms with Gasteiger partial charge in [0.15, 0.2) is 0 Å². The van der Waals surface area contributed by atoms with E-state index in [0.29, 0.717) is 11.3 Å². The zero-order chi connectivity index (χ0) is 13.8. The summed E-state index contributed by atoms with van der Waals surface area (Å²) in [6.07, 6.45) is 3.31. The zero-order valence-electron chi connectivity index (χ0n) is 10.6. The van der Waals surface area contributed by atoms with Gasteiger partial charge in [0.2, 0.25) is 0 Å². The van der Waals surface area contributed by atoms with Gasteiger partial charge < -0.3 is 9.64 Å². The van der Waals surface area contributed by atoms with Gasteiger partial charge >= 0.3 is 0 Å². The third-order valence-corrected chi connectivity index (χ3v) is 3.45. The van der Waals surface area contributed by atoms with Crippen molar-refractivity contribution in [2.24, 2.45) is 0 Å². The van der Waals surface area contributed by atoms with Gasteiger partial charge in [0.1, 0.15) is 5.75 Å². The van der Waals surface area contributed by atoms with Crippen molar-refractivity contribution in [3.8, 4) is 5.75 Å². The van der Waals surface area contributed by atoms with Crippen LogP contribution in [-0.4, -0.2) is 25.0 Å². The number of ether oxygens (including phenoxy) is 1. The Balaban J connectivity index is 2.34. The number of benzene rings is 1. The molecule has 19 heavy (non-hydrogen) atoms. The van der Waals surface area contributed by atoms with Gasteiger partial charge in [0, 0.05) is 29.6 Å². The Kier molecular flexibility index (Phi) is 4.16. The number of halogens is 1. The van der Waals surface area contributed by atoms with Crippen molar-refractivity contribution < 1.29 is 9.53 Å². The normalized spacial score (nSPS) is 10.1. The molecule has 0 fully saturated rings. The first-order chi connectivity index (χ1) is 9.13. The third kappa shape index (κ3) is 2.93. The fourth-order valence-electron chi connectivity index (χ4n) is 1.66. The average molecular weight is 321 g/mol. The number of amides is 1. The van der Waals surface area contributed by atoms with E-state index in [0.717, 1.165) is 10.2 Å². The lowest BCUT2D eigenvalue weighted by molar-refractivity contribution is 0.0992. The van der Waals surface area contributed by atoms with Gasteiger partial charge in [0.25, 0.3) is 5.91 Å². The summed E-state index contributed by atoms with van der Waals surface area (Å²) in [7, 11) is 3.30. The number of aromatic nitrogens is 1. The van der Waals surface area contributed by atoms with E-state index in [-0.39, 0.29) is 5.91 Å². The number of methoxy groups -OCH3 is 1. The lowest BCUT2D eigenvalue weighted by atomic mass is 10.2. The average Bonchev–Trinajstić information content (AvgIpc) is 2.47. The molecular weight excluding hydrogens is 308 g/mol. The number of nitrogens with zero attached hydrogens (tertiary/aromatic N) is 2. The van der Waals surface area contributed by atoms with Gasteiger partial charge in [-0.1, -0.05) is 0 Å². The van der Waals surface area contributed by atoms with Crippen LogP contribution in [0.1, 0.15) is 10.4 Å². The summed E-state index contributed by atoms with van der Waals surface area (Å²) in [5.41, 5.74) is 1.34. The van der Waals surface area contributed by atoms with Crippen LogP contribution in [0.4, 0.5) is 5.69 Å². The molecule has 2 rings (SSSR count). The molecule has 0 unspecified atom stereocenters. The second-order valence-corrected chi connectivity index (χ2v) is 4.77. The standard InChI is InChI=1S/C14H13BrN2O2/c1-17(10-5-7-16-8-6-10)14(18)12-9-11(19-2)3-4-13(12)15/h3-9H,1-2H3. The first-order valence-corrected chi connectivity index (χ1v) is 6.44. The van der Waals surface area contributed by atoms with Crippen molar-refractivity contribution in [1.82, 2.24) is 4.98 Å². The molecular formula is C14H13BrN2O2. The molecule has 0 aliphatic rings. The maximum Gasteiger partial charge on any atom is 0.259 e. The summed E-state index contributed by atoms with van der Waals surface area (Å²) in [6, 6.07) is 8.88. The van der Waals surface area contributed by atoms with Crippen molar-refractivity contribution in [3.63, 3.8) is 0 Å². The molecule has 1 aromatic carbocycles. The molecule has 0 saturated carbocycles. The predicted molar refractivity (Wildman–Crippen MR) is 77.7 cm³/mol. The monoisotopic (exact) mass is 320 g/mol. The van der Waals surface area contributed by atoms with E-state index >= 15 is 0 Å². The number of carbonyl (C=O) groups is 1. The number of anilines is 1. The molecule has 5 heteroatoms. The molecule has 0 aliphatic carbocycles. The minimum atomic E-state index is -0.114. The summed E-state index contributed by atoms with van der Waals surface area (Å²) in [4.78, 5) is 18.0. The number of hydrogen-bond donors (Lipinski definition) is 0. The van der Waals surface area contributed by atoms with E-state index in [1.54, 1.807) is 61.8 Å². The molecule has 1 heterocycles. The van der Waals surface area contributed by atoms with Gasteiger partial charge in [-0.15, -0.1) is 0 Å². The summed E-state index contributed by atoms with van der Waals surface area (Å²) < 4.78 is 5.88. The molecule has 0 bridgehead atoms. The Morgan fingerprint density at radius 1 is 1.26 bits per heavy atom. The van der Waals surface area contributed by atoms with Gasteiger partial charge in [-0.2, -0.15) is 0 Å². The molecule has 4 nitrogen and oxygen atoms in total. The maximum atomic E-state index is 12.5. The molecule has 0 radical (unpaired) electrons. The highest BCUT2D eigenvalue weighted by molar-refractivity contribution is 9.10. The largest absolute Gasteiger partial charge is 0.497 e.